The van der Waals surface area contributed by atoms with E-state index in [4.69, 9.17) is 4.74 Å². The number of carbonyl (C=O) groups is 1. The van der Waals surface area contributed by atoms with Crippen molar-refractivity contribution in [2.45, 2.75) is 0 Å². The summed E-state index contributed by atoms with van der Waals surface area (Å²) >= 11 is 0. The Balaban J connectivity index is 2.20. The van der Waals surface area contributed by atoms with Gasteiger partial charge in [-0.05, 0) is 30.3 Å². The molecule has 0 aliphatic carbocycles. The first kappa shape index (κ1) is 13.0. The van der Waals surface area contributed by atoms with Gasteiger partial charge in [0.2, 0.25) is 0 Å². The monoisotopic (exact) mass is 263 g/mol. The van der Waals surface area contributed by atoms with Crippen LogP contribution in [0.1, 0.15) is 10.4 Å². The molecule has 1 amide bonds. The molecule has 0 radical (unpaired) electrons. The van der Waals surface area contributed by atoms with Gasteiger partial charge in [0.15, 0.2) is 0 Å². The Morgan fingerprint density at radius 3 is 2.42 bits per heavy atom. The summed E-state index contributed by atoms with van der Waals surface area (Å²) in [6.07, 6.45) is 0. The van der Waals surface area contributed by atoms with Crippen LogP contribution in [0.25, 0.3) is 0 Å². The number of rotatable bonds is 3. The molecule has 1 N–H and O–H groups in total. The maximum Gasteiger partial charge on any atom is 0.255 e. The van der Waals surface area contributed by atoms with Gasteiger partial charge in [0, 0.05) is 17.3 Å². The van der Waals surface area contributed by atoms with Gasteiger partial charge in [0.25, 0.3) is 5.91 Å². The van der Waals surface area contributed by atoms with E-state index in [2.05, 4.69) is 5.32 Å². The zero-order valence-electron chi connectivity index (χ0n) is 10.1. The zero-order valence-corrected chi connectivity index (χ0v) is 10.1. The second kappa shape index (κ2) is 5.48. The molecule has 0 aromatic heterocycles. The van der Waals surface area contributed by atoms with Crippen LogP contribution in [-0.2, 0) is 0 Å². The SMILES string of the molecule is COc1cccc(C(=O)Nc2cc(F)cc(F)c2)c1. The number of amides is 1. The van der Waals surface area contributed by atoms with Gasteiger partial charge in [0.1, 0.15) is 17.4 Å². The van der Waals surface area contributed by atoms with Crippen molar-refractivity contribution in [2.75, 3.05) is 12.4 Å². The highest BCUT2D eigenvalue weighted by molar-refractivity contribution is 6.04. The fraction of sp³-hybridized carbons (Fsp3) is 0.0714. The summed E-state index contributed by atoms with van der Waals surface area (Å²) in [7, 11) is 1.49. The van der Waals surface area contributed by atoms with Gasteiger partial charge < -0.3 is 10.1 Å². The molecule has 5 heteroatoms. The first-order valence-electron chi connectivity index (χ1n) is 5.50. The summed E-state index contributed by atoms with van der Waals surface area (Å²) in [5, 5.41) is 2.42. The largest absolute Gasteiger partial charge is 0.497 e. The summed E-state index contributed by atoms with van der Waals surface area (Å²) in [4.78, 5) is 11.9. The molecule has 0 heterocycles. The Morgan fingerprint density at radius 1 is 1.11 bits per heavy atom. The Kier molecular flexibility index (Phi) is 3.75. The summed E-state index contributed by atoms with van der Waals surface area (Å²) in [6, 6.07) is 9.28. The Morgan fingerprint density at radius 2 is 1.79 bits per heavy atom. The minimum Gasteiger partial charge on any atom is -0.497 e. The molecule has 2 rings (SSSR count). The highest BCUT2D eigenvalue weighted by Crippen LogP contribution is 2.16. The lowest BCUT2D eigenvalue weighted by molar-refractivity contribution is 0.102. The van der Waals surface area contributed by atoms with Crippen molar-refractivity contribution < 1.29 is 18.3 Å². The summed E-state index contributed by atoms with van der Waals surface area (Å²) < 4.78 is 31.0. The van der Waals surface area contributed by atoms with E-state index in [1.54, 1.807) is 18.2 Å². The van der Waals surface area contributed by atoms with Gasteiger partial charge >= 0.3 is 0 Å². The van der Waals surface area contributed by atoms with Crippen LogP contribution in [-0.4, -0.2) is 13.0 Å². The van der Waals surface area contributed by atoms with E-state index in [1.165, 1.54) is 13.2 Å². The molecule has 0 aliphatic rings. The molecule has 0 fully saturated rings. The molecule has 0 bridgehead atoms. The van der Waals surface area contributed by atoms with E-state index in [9.17, 15) is 13.6 Å². The van der Waals surface area contributed by atoms with Gasteiger partial charge in [-0.1, -0.05) is 6.07 Å². The molecule has 0 saturated carbocycles. The lowest BCUT2D eigenvalue weighted by atomic mass is 10.2. The predicted octanol–water partition coefficient (Wildman–Crippen LogP) is 3.23. The number of nitrogens with one attached hydrogen (secondary N) is 1. The van der Waals surface area contributed by atoms with Crippen molar-refractivity contribution in [3.05, 3.63) is 59.7 Å². The number of ether oxygens (including phenoxy) is 1. The molecule has 2 aromatic carbocycles. The highest BCUT2D eigenvalue weighted by atomic mass is 19.1. The fourth-order valence-corrected chi connectivity index (χ4v) is 1.59. The lowest BCUT2D eigenvalue weighted by Gasteiger charge is -2.07. The van der Waals surface area contributed by atoms with Crippen molar-refractivity contribution in [2.24, 2.45) is 0 Å². The minimum atomic E-state index is -0.749. The standard InChI is InChI=1S/C14H11F2NO2/c1-19-13-4-2-3-9(5-13)14(18)17-12-7-10(15)6-11(16)8-12/h2-8H,1H3,(H,17,18). The number of methoxy groups -OCH3 is 1. The third-order valence-electron chi connectivity index (χ3n) is 2.45. The topological polar surface area (TPSA) is 38.3 Å². The summed E-state index contributed by atoms with van der Waals surface area (Å²) in [5.74, 6) is -1.44. The predicted molar refractivity (Wildman–Crippen MR) is 67.3 cm³/mol. The molecule has 3 nitrogen and oxygen atoms in total. The third-order valence-corrected chi connectivity index (χ3v) is 2.45. The number of hydrogen-bond acceptors (Lipinski definition) is 2. The molecule has 98 valence electrons. The zero-order chi connectivity index (χ0) is 13.8. The van der Waals surface area contributed by atoms with Crippen LogP contribution >= 0.6 is 0 Å². The van der Waals surface area contributed by atoms with Gasteiger partial charge in [0.05, 0.1) is 7.11 Å². The maximum atomic E-state index is 13.0. The molecular formula is C14H11F2NO2. The first-order valence-corrected chi connectivity index (χ1v) is 5.50. The van der Waals surface area contributed by atoms with Crippen molar-refractivity contribution in [1.82, 2.24) is 0 Å². The Hall–Kier alpha value is -2.43. The van der Waals surface area contributed by atoms with E-state index in [1.807, 2.05) is 0 Å². The second-order valence-corrected chi connectivity index (χ2v) is 3.84. The van der Waals surface area contributed by atoms with Crippen LogP contribution in [0.4, 0.5) is 14.5 Å². The number of benzene rings is 2. The van der Waals surface area contributed by atoms with Crippen LogP contribution in [0.5, 0.6) is 5.75 Å². The van der Waals surface area contributed by atoms with Gasteiger partial charge in [-0.2, -0.15) is 0 Å². The average Bonchev–Trinajstić information content (AvgIpc) is 2.37. The summed E-state index contributed by atoms with van der Waals surface area (Å²) in [5.41, 5.74) is 0.398. The van der Waals surface area contributed by atoms with E-state index in [0.717, 1.165) is 18.2 Å². The Bertz CT molecular complexity index is 594. The Labute approximate surface area is 108 Å². The quantitative estimate of drug-likeness (QED) is 0.923. The van der Waals surface area contributed by atoms with Crippen molar-refractivity contribution in [3.63, 3.8) is 0 Å². The molecule has 0 atom stereocenters. The van der Waals surface area contributed by atoms with Crippen molar-refractivity contribution in [3.8, 4) is 5.75 Å². The summed E-state index contributed by atoms with van der Waals surface area (Å²) in [6.45, 7) is 0. The number of hydrogen-bond donors (Lipinski definition) is 1. The van der Waals surface area contributed by atoms with E-state index >= 15 is 0 Å². The fourth-order valence-electron chi connectivity index (χ4n) is 1.59. The van der Waals surface area contributed by atoms with Crippen molar-refractivity contribution in [1.29, 1.82) is 0 Å². The number of carbonyl (C=O) groups excluding carboxylic acids is 1. The molecule has 0 unspecified atom stereocenters. The number of halogens is 2. The van der Waals surface area contributed by atoms with Crippen LogP contribution in [0, 0.1) is 11.6 Å². The minimum absolute atomic E-state index is 0.0605. The van der Waals surface area contributed by atoms with E-state index in [-0.39, 0.29) is 5.69 Å². The van der Waals surface area contributed by atoms with E-state index in [0.29, 0.717) is 11.3 Å². The molecule has 2 aromatic rings. The normalized spacial score (nSPS) is 10.1. The van der Waals surface area contributed by atoms with Crippen molar-refractivity contribution >= 4 is 11.6 Å². The number of anilines is 1. The highest BCUT2D eigenvalue weighted by Gasteiger charge is 2.08. The van der Waals surface area contributed by atoms with Gasteiger partial charge in [-0.15, -0.1) is 0 Å². The van der Waals surface area contributed by atoms with Crippen LogP contribution < -0.4 is 10.1 Å². The second-order valence-electron chi connectivity index (χ2n) is 3.84. The molecule has 0 aliphatic heterocycles. The lowest BCUT2D eigenvalue weighted by Crippen LogP contribution is -2.12. The smallest absolute Gasteiger partial charge is 0.255 e. The molecule has 19 heavy (non-hydrogen) atoms. The van der Waals surface area contributed by atoms with E-state index < -0.39 is 17.5 Å². The first-order chi connectivity index (χ1) is 9.08. The maximum absolute atomic E-state index is 13.0. The van der Waals surface area contributed by atoms with Gasteiger partial charge in [-0.3, -0.25) is 4.79 Å². The van der Waals surface area contributed by atoms with Crippen LogP contribution in [0.2, 0.25) is 0 Å². The average molecular weight is 263 g/mol. The van der Waals surface area contributed by atoms with Gasteiger partial charge in [-0.25, -0.2) is 8.78 Å². The molecule has 0 spiro atoms. The third kappa shape index (κ3) is 3.28. The molecular weight excluding hydrogens is 252 g/mol. The molecule has 0 saturated heterocycles. The van der Waals surface area contributed by atoms with Crippen LogP contribution in [0.3, 0.4) is 0 Å². The van der Waals surface area contributed by atoms with Crippen LogP contribution in [0.15, 0.2) is 42.5 Å².